The number of hydrogen-bond donors (Lipinski definition) is 1. The van der Waals surface area contributed by atoms with Crippen LogP contribution < -0.4 is 5.73 Å². The summed E-state index contributed by atoms with van der Waals surface area (Å²) >= 11 is 0. The smallest absolute Gasteiger partial charge is 0.328 e. The highest BCUT2D eigenvalue weighted by atomic mass is 16.5. The van der Waals surface area contributed by atoms with Gasteiger partial charge < -0.3 is 15.4 Å². The number of esters is 1. The van der Waals surface area contributed by atoms with Gasteiger partial charge in [-0.3, -0.25) is 4.79 Å². The van der Waals surface area contributed by atoms with E-state index in [0.717, 1.165) is 19.3 Å². The Morgan fingerprint density at radius 1 is 1.53 bits per heavy atom. The molecule has 0 aliphatic carbocycles. The van der Waals surface area contributed by atoms with Gasteiger partial charge in [0.1, 0.15) is 6.04 Å². The van der Waals surface area contributed by atoms with Gasteiger partial charge in [0.25, 0.3) is 0 Å². The van der Waals surface area contributed by atoms with E-state index in [1.54, 1.807) is 4.90 Å². The molecule has 1 amide bonds. The number of hydrogen-bond acceptors (Lipinski definition) is 4. The first-order valence-corrected chi connectivity index (χ1v) is 6.23. The summed E-state index contributed by atoms with van der Waals surface area (Å²) in [6.07, 6.45) is 3.68. The molecule has 0 spiro atoms. The van der Waals surface area contributed by atoms with Crippen molar-refractivity contribution in [3.63, 3.8) is 0 Å². The molecule has 0 radical (unpaired) electrons. The Bertz CT molecular complexity index is 281. The topological polar surface area (TPSA) is 72.6 Å². The predicted octanol–water partition coefficient (Wildman–Crippen LogP) is 0.668. The van der Waals surface area contributed by atoms with Crippen molar-refractivity contribution in [3.05, 3.63) is 0 Å². The molecule has 2 atom stereocenters. The minimum absolute atomic E-state index is 0.0288. The van der Waals surface area contributed by atoms with Crippen molar-refractivity contribution in [3.8, 4) is 0 Å². The lowest BCUT2D eigenvalue weighted by molar-refractivity contribution is -0.151. The molecule has 2 unspecified atom stereocenters. The normalized spacial score (nSPS) is 21.4. The van der Waals surface area contributed by atoms with Crippen LogP contribution in [0.4, 0.5) is 0 Å². The third-order valence-electron chi connectivity index (χ3n) is 3.14. The molecule has 0 bridgehead atoms. The van der Waals surface area contributed by atoms with E-state index >= 15 is 0 Å². The Hall–Kier alpha value is -1.10. The summed E-state index contributed by atoms with van der Waals surface area (Å²) in [5.41, 5.74) is 5.84. The zero-order valence-electron chi connectivity index (χ0n) is 10.6. The lowest BCUT2D eigenvalue weighted by Gasteiger charge is -2.24. The Balaban J connectivity index is 2.53. The zero-order chi connectivity index (χ0) is 12.8. The van der Waals surface area contributed by atoms with Crippen LogP contribution in [0, 0.1) is 0 Å². The summed E-state index contributed by atoms with van der Waals surface area (Å²) < 4.78 is 4.70. The van der Waals surface area contributed by atoms with Gasteiger partial charge >= 0.3 is 5.97 Å². The van der Waals surface area contributed by atoms with Gasteiger partial charge in [-0.15, -0.1) is 0 Å². The molecule has 0 aromatic heterocycles. The fourth-order valence-corrected chi connectivity index (χ4v) is 2.26. The second-order valence-electron chi connectivity index (χ2n) is 4.52. The van der Waals surface area contributed by atoms with Crippen LogP contribution in [0.5, 0.6) is 0 Å². The summed E-state index contributed by atoms with van der Waals surface area (Å²) in [6, 6.07) is -0.507. The second kappa shape index (κ2) is 6.59. The molecule has 1 heterocycles. The quantitative estimate of drug-likeness (QED) is 0.719. The van der Waals surface area contributed by atoms with Crippen molar-refractivity contribution in [2.45, 2.75) is 51.1 Å². The molecule has 0 aromatic carbocycles. The molecule has 98 valence electrons. The van der Waals surface area contributed by atoms with Crippen molar-refractivity contribution < 1.29 is 14.3 Å². The van der Waals surface area contributed by atoms with Crippen molar-refractivity contribution in [1.29, 1.82) is 0 Å². The Labute approximate surface area is 102 Å². The number of carbonyl (C=O) groups is 2. The van der Waals surface area contributed by atoms with E-state index in [2.05, 4.69) is 0 Å². The summed E-state index contributed by atoms with van der Waals surface area (Å²) in [7, 11) is 1.35. The van der Waals surface area contributed by atoms with E-state index in [1.165, 1.54) is 7.11 Å². The average Bonchev–Trinajstić information content (AvgIpc) is 2.77. The Morgan fingerprint density at radius 3 is 2.82 bits per heavy atom. The van der Waals surface area contributed by atoms with Gasteiger partial charge in [-0.25, -0.2) is 4.79 Å². The number of methoxy groups -OCH3 is 1. The number of nitrogens with two attached hydrogens (primary N) is 1. The lowest BCUT2D eigenvalue weighted by Crippen LogP contribution is -2.43. The van der Waals surface area contributed by atoms with E-state index < -0.39 is 6.04 Å². The molecule has 5 heteroatoms. The summed E-state index contributed by atoms with van der Waals surface area (Å²) in [5, 5.41) is 0. The summed E-state index contributed by atoms with van der Waals surface area (Å²) in [4.78, 5) is 25.1. The van der Waals surface area contributed by atoms with Crippen LogP contribution in [0.25, 0.3) is 0 Å². The van der Waals surface area contributed by atoms with Crippen molar-refractivity contribution in [2.75, 3.05) is 13.7 Å². The number of ether oxygens (including phenoxy) is 1. The third kappa shape index (κ3) is 3.70. The summed E-state index contributed by atoms with van der Waals surface area (Å²) in [5.74, 6) is -0.348. The van der Waals surface area contributed by atoms with Gasteiger partial charge in [-0.05, 0) is 19.3 Å². The molecule has 1 rings (SSSR count). The predicted molar refractivity (Wildman–Crippen MR) is 64.3 cm³/mol. The SMILES string of the molecule is CCCC(N)CC(=O)N1CCCC1C(=O)OC. The first-order chi connectivity index (χ1) is 8.10. The second-order valence-corrected chi connectivity index (χ2v) is 4.52. The van der Waals surface area contributed by atoms with Crippen LogP contribution in [-0.2, 0) is 14.3 Å². The van der Waals surface area contributed by atoms with Crippen LogP contribution in [0.15, 0.2) is 0 Å². The molecule has 1 saturated heterocycles. The first-order valence-electron chi connectivity index (χ1n) is 6.23. The van der Waals surface area contributed by atoms with E-state index in [0.29, 0.717) is 19.4 Å². The number of amides is 1. The van der Waals surface area contributed by atoms with E-state index in [9.17, 15) is 9.59 Å². The van der Waals surface area contributed by atoms with Gasteiger partial charge in [0.2, 0.25) is 5.91 Å². The van der Waals surface area contributed by atoms with E-state index in [-0.39, 0.29) is 17.9 Å². The molecule has 1 aliphatic heterocycles. The molecule has 2 N–H and O–H groups in total. The molecule has 0 saturated carbocycles. The average molecular weight is 242 g/mol. The molecule has 5 nitrogen and oxygen atoms in total. The highest BCUT2D eigenvalue weighted by Gasteiger charge is 2.34. The van der Waals surface area contributed by atoms with Crippen molar-refractivity contribution >= 4 is 11.9 Å². The minimum atomic E-state index is -0.402. The number of carbonyl (C=O) groups excluding carboxylic acids is 2. The highest BCUT2D eigenvalue weighted by molar-refractivity contribution is 5.85. The van der Waals surface area contributed by atoms with E-state index in [1.807, 2.05) is 6.92 Å². The van der Waals surface area contributed by atoms with Gasteiger partial charge in [0.15, 0.2) is 0 Å². The van der Waals surface area contributed by atoms with Crippen LogP contribution >= 0.6 is 0 Å². The maximum absolute atomic E-state index is 12.0. The van der Waals surface area contributed by atoms with E-state index in [4.69, 9.17) is 10.5 Å². The van der Waals surface area contributed by atoms with Gasteiger partial charge in [0.05, 0.1) is 7.11 Å². The molecule has 0 aromatic rings. The molecular formula is C12H22N2O3. The lowest BCUT2D eigenvalue weighted by atomic mass is 10.1. The number of rotatable bonds is 5. The largest absolute Gasteiger partial charge is 0.467 e. The zero-order valence-corrected chi connectivity index (χ0v) is 10.6. The maximum Gasteiger partial charge on any atom is 0.328 e. The summed E-state index contributed by atoms with van der Waals surface area (Å²) in [6.45, 7) is 2.68. The molecule has 1 fully saturated rings. The molecular weight excluding hydrogens is 220 g/mol. The molecule has 17 heavy (non-hydrogen) atoms. The fraction of sp³-hybridized carbons (Fsp3) is 0.833. The van der Waals surface area contributed by atoms with Crippen LogP contribution in [0.3, 0.4) is 0 Å². The number of nitrogens with zero attached hydrogens (tertiary/aromatic N) is 1. The van der Waals surface area contributed by atoms with Crippen LogP contribution in [0.2, 0.25) is 0 Å². The van der Waals surface area contributed by atoms with Gasteiger partial charge in [0, 0.05) is 19.0 Å². The van der Waals surface area contributed by atoms with Crippen LogP contribution in [0.1, 0.15) is 39.0 Å². The Kier molecular flexibility index (Phi) is 5.41. The van der Waals surface area contributed by atoms with Crippen LogP contribution in [-0.4, -0.2) is 42.5 Å². The fourth-order valence-electron chi connectivity index (χ4n) is 2.26. The highest BCUT2D eigenvalue weighted by Crippen LogP contribution is 2.20. The monoisotopic (exact) mass is 242 g/mol. The maximum atomic E-state index is 12.0. The third-order valence-corrected chi connectivity index (χ3v) is 3.14. The van der Waals surface area contributed by atoms with Gasteiger partial charge in [-0.1, -0.05) is 13.3 Å². The Morgan fingerprint density at radius 2 is 2.24 bits per heavy atom. The standard InChI is InChI=1S/C12H22N2O3/c1-3-5-9(13)8-11(15)14-7-4-6-10(14)12(16)17-2/h9-10H,3-8,13H2,1-2H3. The van der Waals surface area contributed by atoms with Crippen molar-refractivity contribution in [1.82, 2.24) is 4.90 Å². The van der Waals surface area contributed by atoms with Gasteiger partial charge in [-0.2, -0.15) is 0 Å². The van der Waals surface area contributed by atoms with Crippen molar-refractivity contribution in [2.24, 2.45) is 5.73 Å². The first kappa shape index (κ1) is 14.0. The minimum Gasteiger partial charge on any atom is -0.467 e. The number of likely N-dealkylation sites (tertiary alicyclic amines) is 1. The molecule has 1 aliphatic rings.